The van der Waals surface area contributed by atoms with E-state index in [-0.39, 0.29) is 18.4 Å². The SMILES string of the molecule is COc1ccc(OC)c(NC(=O)C(NC(=O)OCc2ccccc2)C(C)C)c1. The molecule has 0 saturated heterocycles. The summed E-state index contributed by atoms with van der Waals surface area (Å²) in [5, 5.41) is 5.41. The van der Waals surface area contributed by atoms with Crippen LogP contribution in [0.25, 0.3) is 0 Å². The lowest BCUT2D eigenvalue weighted by atomic mass is 10.0. The van der Waals surface area contributed by atoms with Crippen LogP contribution in [0.1, 0.15) is 19.4 Å². The van der Waals surface area contributed by atoms with E-state index in [9.17, 15) is 9.59 Å². The van der Waals surface area contributed by atoms with Gasteiger partial charge in [-0.1, -0.05) is 44.2 Å². The van der Waals surface area contributed by atoms with Crippen molar-refractivity contribution in [3.05, 3.63) is 54.1 Å². The molecule has 0 bridgehead atoms. The average molecular weight is 386 g/mol. The third-order valence-corrected chi connectivity index (χ3v) is 4.10. The van der Waals surface area contributed by atoms with Crippen molar-refractivity contribution >= 4 is 17.7 Å². The van der Waals surface area contributed by atoms with Crippen LogP contribution in [0.2, 0.25) is 0 Å². The number of hydrogen-bond acceptors (Lipinski definition) is 5. The fourth-order valence-electron chi connectivity index (χ4n) is 2.55. The third kappa shape index (κ3) is 5.90. The van der Waals surface area contributed by atoms with E-state index in [1.54, 1.807) is 18.2 Å². The van der Waals surface area contributed by atoms with Crippen molar-refractivity contribution in [3.63, 3.8) is 0 Å². The minimum absolute atomic E-state index is 0.128. The summed E-state index contributed by atoms with van der Waals surface area (Å²) in [4.78, 5) is 24.9. The predicted octanol–water partition coefficient (Wildman–Crippen LogP) is 3.59. The summed E-state index contributed by atoms with van der Waals surface area (Å²) in [6, 6.07) is 13.6. The topological polar surface area (TPSA) is 85.9 Å². The highest BCUT2D eigenvalue weighted by molar-refractivity contribution is 5.98. The maximum Gasteiger partial charge on any atom is 0.408 e. The van der Waals surface area contributed by atoms with Gasteiger partial charge in [-0.2, -0.15) is 0 Å². The number of nitrogens with one attached hydrogen (secondary N) is 2. The smallest absolute Gasteiger partial charge is 0.408 e. The van der Waals surface area contributed by atoms with Gasteiger partial charge in [-0.05, 0) is 23.6 Å². The zero-order valence-corrected chi connectivity index (χ0v) is 16.5. The van der Waals surface area contributed by atoms with Gasteiger partial charge < -0.3 is 24.8 Å². The second kappa shape index (κ2) is 10.2. The Labute approximate surface area is 165 Å². The van der Waals surface area contributed by atoms with Crippen molar-refractivity contribution < 1.29 is 23.8 Å². The van der Waals surface area contributed by atoms with Crippen LogP contribution in [0, 0.1) is 5.92 Å². The maximum atomic E-state index is 12.8. The molecule has 0 heterocycles. The van der Waals surface area contributed by atoms with Crippen LogP contribution in [-0.4, -0.2) is 32.3 Å². The summed E-state index contributed by atoms with van der Waals surface area (Å²) in [6.07, 6.45) is -0.657. The molecular weight excluding hydrogens is 360 g/mol. The number of hydrogen-bond donors (Lipinski definition) is 2. The van der Waals surface area contributed by atoms with Crippen molar-refractivity contribution in [1.82, 2.24) is 5.32 Å². The van der Waals surface area contributed by atoms with Gasteiger partial charge in [-0.3, -0.25) is 4.79 Å². The molecule has 2 rings (SSSR count). The molecule has 0 aliphatic rings. The van der Waals surface area contributed by atoms with Crippen molar-refractivity contribution in [2.24, 2.45) is 5.92 Å². The van der Waals surface area contributed by atoms with E-state index < -0.39 is 12.1 Å². The van der Waals surface area contributed by atoms with Gasteiger partial charge in [0.05, 0.1) is 19.9 Å². The molecule has 0 radical (unpaired) electrons. The minimum Gasteiger partial charge on any atom is -0.497 e. The highest BCUT2D eigenvalue weighted by atomic mass is 16.5. The highest BCUT2D eigenvalue weighted by Gasteiger charge is 2.26. The molecule has 2 amide bonds. The van der Waals surface area contributed by atoms with Gasteiger partial charge in [0.1, 0.15) is 24.1 Å². The fraction of sp³-hybridized carbons (Fsp3) is 0.333. The largest absolute Gasteiger partial charge is 0.497 e. The van der Waals surface area contributed by atoms with Gasteiger partial charge in [0, 0.05) is 6.07 Å². The van der Waals surface area contributed by atoms with E-state index in [1.165, 1.54) is 14.2 Å². The maximum absolute atomic E-state index is 12.8. The van der Waals surface area contributed by atoms with Crippen LogP contribution >= 0.6 is 0 Å². The van der Waals surface area contributed by atoms with Gasteiger partial charge >= 0.3 is 6.09 Å². The molecular formula is C21H26N2O5. The fourth-order valence-corrected chi connectivity index (χ4v) is 2.55. The number of rotatable bonds is 8. The van der Waals surface area contributed by atoms with Crippen LogP contribution in [0.3, 0.4) is 0 Å². The van der Waals surface area contributed by atoms with Crippen molar-refractivity contribution in [3.8, 4) is 11.5 Å². The summed E-state index contributed by atoms with van der Waals surface area (Å²) in [7, 11) is 3.05. The molecule has 2 aromatic rings. The molecule has 150 valence electrons. The standard InChI is InChI=1S/C21H26N2O5/c1-14(2)19(23-21(25)28-13-15-8-6-5-7-9-15)20(24)22-17-12-16(26-3)10-11-18(17)27-4/h5-12,14,19H,13H2,1-4H3,(H,22,24)(H,23,25). The zero-order valence-electron chi connectivity index (χ0n) is 16.5. The normalized spacial score (nSPS) is 11.5. The number of ether oxygens (including phenoxy) is 3. The quantitative estimate of drug-likeness (QED) is 0.724. The van der Waals surface area contributed by atoms with Crippen LogP contribution in [0.15, 0.2) is 48.5 Å². The Morgan fingerprint density at radius 3 is 2.32 bits per heavy atom. The van der Waals surface area contributed by atoms with Crippen LogP contribution in [0.4, 0.5) is 10.5 Å². The van der Waals surface area contributed by atoms with Crippen molar-refractivity contribution in [2.45, 2.75) is 26.5 Å². The Bertz CT molecular complexity index is 793. The molecule has 7 nitrogen and oxygen atoms in total. The monoisotopic (exact) mass is 386 g/mol. The zero-order chi connectivity index (χ0) is 20.5. The lowest BCUT2D eigenvalue weighted by molar-refractivity contribution is -0.119. The lowest BCUT2D eigenvalue weighted by Crippen LogP contribution is -2.47. The molecule has 2 aromatic carbocycles. The Balaban J connectivity index is 2.02. The molecule has 1 atom stereocenters. The Hall–Kier alpha value is -3.22. The Morgan fingerprint density at radius 2 is 1.71 bits per heavy atom. The van der Waals surface area contributed by atoms with Crippen LogP contribution in [0.5, 0.6) is 11.5 Å². The Kier molecular flexibility index (Phi) is 7.68. The third-order valence-electron chi connectivity index (χ3n) is 4.10. The van der Waals surface area contributed by atoms with Crippen LogP contribution in [-0.2, 0) is 16.1 Å². The molecule has 0 aliphatic heterocycles. The number of methoxy groups -OCH3 is 2. The Morgan fingerprint density at radius 1 is 1.00 bits per heavy atom. The number of benzene rings is 2. The van der Waals surface area contributed by atoms with E-state index in [0.29, 0.717) is 17.2 Å². The van der Waals surface area contributed by atoms with E-state index in [1.807, 2.05) is 44.2 Å². The molecule has 7 heteroatoms. The predicted molar refractivity (Wildman–Crippen MR) is 107 cm³/mol. The van der Waals surface area contributed by atoms with E-state index in [4.69, 9.17) is 14.2 Å². The minimum atomic E-state index is -0.779. The second-order valence-corrected chi connectivity index (χ2v) is 6.48. The molecule has 0 aliphatic carbocycles. The van der Waals surface area contributed by atoms with Gasteiger partial charge in [0.15, 0.2) is 0 Å². The molecule has 0 saturated carbocycles. The molecule has 28 heavy (non-hydrogen) atoms. The number of alkyl carbamates (subject to hydrolysis) is 1. The van der Waals surface area contributed by atoms with E-state index >= 15 is 0 Å². The van der Waals surface area contributed by atoms with E-state index in [2.05, 4.69) is 10.6 Å². The number of carbonyl (C=O) groups excluding carboxylic acids is 2. The molecule has 1 unspecified atom stereocenters. The molecule has 2 N–H and O–H groups in total. The summed E-state index contributed by atoms with van der Waals surface area (Å²) < 4.78 is 15.7. The molecule has 0 aromatic heterocycles. The molecule has 0 spiro atoms. The number of amides is 2. The van der Waals surface area contributed by atoms with Gasteiger partial charge in [0.2, 0.25) is 5.91 Å². The first-order valence-electron chi connectivity index (χ1n) is 8.94. The average Bonchev–Trinajstić information content (AvgIpc) is 2.70. The van der Waals surface area contributed by atoms with Gasteiger partial charge in [-0.25, -0.2) is 4.79 Å². The first kappa shape index (κ1) is 21.1. The molecule has 0 fully saturated rings. The summed E-state index contributed by atoms with van der Waals surface area (Å²) in [6.45, 7) is 3.80. The van der Waals surface area contributed by atoms with Crippen LogP contribution < -0.4 is 20.1 Å². The number of anilines is 1. The second-order valence-electron chi connectivity index (χ2n) is 6.48. The summed E-state index contributed by atoms with van der Waals surface area (Å²) in [5.41, 5.74) is 1.32. The lowest BCUT2D eigenvalue weighted by Gasteiger charge is -2.22. The van der Waals surface area contributed by atoms with Crippen molar-refractivity contribution in [2.75, 3.05) is 19.5 Å². The summed E-state index contributed by atoms with van der Waals surface area (Å²) >= 11 is 0. The highest BCUT2D eigenvalue weighted by Crippen LogP contribution is 2.29. The first-order valence-corrected chi connectivity index (χ1v) is 8.94. The van der Waals surface area contributed by atoms with Gasteiger partial charge in [0.25, 0.3) is 0 Å². The van der Waals surface area contributed by atoms with Gasteiger partial charge in [-0.15, -0.1) is 0 Å². The van der Waals surface area contributed by atoms with Crippen molar-refractivity contribution in [1.29, 1.82) is 0 Å². The number of carbonyl (C=O) groups is 2. The first-order chi connectivity index (χ1) is 13.4. The summed E-state index contributed by atoms with van der Waals surface area (Å²) in [5.74, 6) is 0.537. The van der Waals surface area contributed by atoms with E-state index in [0.717, 1.165) is 5.56 Å².